The number of thioether (sulfide) groups is 1. The third kappa shape index (κ3) is 8.90. The fourth-order valence-electron chi connectivity index (χ4n) is 4.41. The Hall–Kier alpha value is -5.22. The lowest BCUT2D eigenvalue weighted by molar-refractivity contribution is -0.114. The lowest BCUT2D eigenvalue weighted by Gasteiger charge is -2.15. The first-order chi connectivity index (χ1) is 21.7. The molecule has 9 nitrogen and oxygen atoms in total. The number of carbonyl (C=O) groups excluding carboxylic acids is 3. The topological polar surface area (TPSA) is 115 Å². The number of methoxy groups -OCH3 is 3. The van der Waals surface area contributed by atoms with E-state index in [9.17, 15) is 14.4 Å². The van der Waals surface area contributed by atoms with Gasteiger partial charge in [-0.3, -0.25) is 14.4 Å². The molecule has 4 aromatic rings. The van der Waals surface area contributed by atoms with Crippen LogP contribution in [0.2, 0.25) is 0 Å². The Kier molecular flexibility index (Phi) is 11.3. The van der Waals surface area contributed by atoms with Gasteiger partial charge in [-0.05, 0) is 68.0 Å². The largest absolute Gasteiger partial charge is 0.496 e. The predicted molar refractivity (Wildman–Crippen MR) is 178 cm³/mol. The van der Waals surface area contributed by atoms with Gasteiger partial charge in [0.05, 0.1) is 27.1 Å². The van der Waals surface area contributed by atoms with Crippen molar-refractivity contribution in [3.05, 3.63) is 113 Å². The van der Waals surface area contributed by atoms with Crippen LogP contribution in [0.3, 0.4) is 0 Å². The normalized spacial score (nSPS) is 10.9. The molecule has 0 spiro atoms. The molecule has 0 aromatic heterocycles. The molecule has 0 aliphatic heterocycles. The van der Waals surface area contributed by atoms with Crippen molar-refractivity contribution >= 4 is 46.9 Å². The second kappa shape index (κ2) is 15.5. The first-order valence-electron chi connectivity index (χ1n) is 14.0. The molecular weight excluding hydrogens is 590 g/mol. The Balaban J connectivity index is 1.55. The van der Waals surface area contributed by atoms with E-state index in [4.69, 9.17) is 14.2 Å². The molecule has 0 fully saturated rings. The van der Waals surface area contributed by atoms with E-state index < -0.39 is 11.8 Å². The Bertz CT molecular complexity index is 1720. The summed E-state index contributed by atoms with van der Waals surface area (Å²) in [7, 11) is 4.50. The van der Waals surface area contributed by atoms with Gasteiger partial charge in [0.25, 0.3) is 11.8 Å². The van der Waals surface area contributed by atoms with Crippen LogP contribution >= 0.6 is 11.8 Å². The summed E-state index contributed by atoms with van der Waals surface area (Å²) < 4.78 is 16.3. The quantitative estimate of drug-likeness (QED) is 0.122. The maximum atomic E-state index is 13.6. The van der Waals surface area contributed by atoms with Crippen LogP contribution in [0.15, 0.2) is 95.5 Å². The van der Waals surface area contributed by atoms with E-state index in [-0.39, 0.29) is 17.4 Å². The van der Waals surface area contributed by atoms with Gasteiger partial charge >= 0.3 is 0 Å². The zero-order chi connectivity index (χ0) is 32.3. The third-order valence-corrected chi connectivity index (χ3v) is 7.68. The van der Waals surface area contributed by atoms with E-state index in [0.29, 0.717) is 34.1 Å². The molecule has 0 saturated carbocycles. The van der Waals surface area contributed by atoms with Crippen molar-refractivity contribution in [2.45, 2.75) is 18.7 Å². The summed E-state index contributed by atoms with van der Waals surface area (Å²) in [5.41, 5.74) is 4.21. The van der Waals surface area contributed by atoms with Gasteiger partial charge < -0.3 is 30.2 Å². The standard InChI is InChI=1S/C35H35N3O6S/c1-22-14-15-28(23(2)16-22)37-33(39)21-45-27-13-9-12-26(19-27)36-35(41)29(38-34(40)24-10-7-6-8-11-24)17-25-18-31(43-4)32(44-5)20-30(25)42-3/h6-20H,21H2,1-5H3,(H,36,41)(H,37,39)(H,38,40)/b29-17+. The molecule has 0 saturated heterocycles. The molecule has 45 heavy (non-hydrogen) atoms. The molecule has 4 aromatic carbocycles. The minimum absolute atomic E-state index is 0.0275. The highest BCUT2D eigenvalue weighted by Gasteiger charge is 2.18. The second-order valence-electron chi connectivity index (χ2n) is 9.96. The van der Waals surface area contributed by atoms with E-state index in [1.165, 1.54) is 39.2 Å². The van der Waals surface area contributed by atoms with Crippen LogP contribution in [0.5, 0.6) is 17.2 Å². The van der Waals surface area contributed by atoms with Crippen LogP contribution in [0.25, 0.3) is 6.08 Å². The van der Waals surface area contributed by atoms with Gasteiger partial charge in [-0.15, -0.1) is 11.8 Å². The van der Waals surface area contributed by atoms with Crippen LogP contribution in [-0.4, -0.2) is 44.8 Å². The van der Waals surface area contributed by atoms with Gasteiger partial charge in [-0.1, -0.05) is 42.0 Å². The van der Waals surface area contributed by atoms with Crippen molar-refractivity contribution in [1.29, 1.82) is 0 Å². The van der Waals surface area contributed by atoms with Crippen LogP contribution in [-0.2, 0) is 9.59 Å². The van der Waals surface area contributed by atoms with E-state index in [0.717, 1.165) is 21.7 Å². The van der Waals surface area contributed by atoms with Crippen LogP contribution in [0, 0.1) is 13.8 Å². The molecule has 232 valence electrons. The molecule has 0 bridgehead atoms. The van der Waals surface area contributed by atoms with Crippen LogP contribution in [0.4, 0.5) is 11.4 Å². The van der Waals surface area contributed by atoms with Crippen molar-refractivity contribution in [2.75, 3.05) is 37.7 Å². The molecule has 0 unspecified atom stereocenters. The summed E-state index contributed by atoms with van der Waals surface area (Å²) in [5, 5.41) is 8.53. The SMILES string of the molecule is COc1cc(OC)c(OC)cc1/C=C(/NC(=O)c1ccccc1)C(=O)Nc1cccc(SCC(=O)Nc2ccc(C)cc2C)c1. The molecule has 0 aliphatic rings. The van der Waals surface area contributed by atoms with Crippen molar-refractivity contribution in [1.82, 2.24) is 5.32 Å². The van der Waals surface area contributed by atoms with E-state index in [1.54, 1.807) is 60.7 Å². The monoisotopic (exact) mass is 625 g/mol. The maximum absolute atomic E-state index is 13.6. The molecule has 0 radical (unpaired) electrons. The number of carbonyl (C=O) groups is 3. The van der Waals surface area contributed by atoms with E-state index in [2.05, 4.69) is 16.0 Å². The highest BCUT2D eigenvalue weighted by Crippen LogP contribution is 2.35. The van der Waals surface area contributed by atoms with Crippen molar-refractivity contribution in [3.63, 3.8) is 0 Å². The maximum Gasteiger partial charge on any atom is 0.272 e. The highest BCUT2D eigenvalue weighted by atomic mass is 32.2. The van der Waals surface area contributed by atoms with Gasteiger partial charge in [-0.2, -0.15) is 0 Å². The average molecular weight is 626 g/mol. The number of aryl methyl sites for hydroxylation is 2. The van der Waals surface area contributed by atoms with Crippen molar-refractivity contribution in [3.8, 4) is 17.2 Å². The highest BCUT2D eigenvalue weighted by molar-refractivity contribution is 8.00. The molecule has 0 aliphatic carbocycles. The van der Waals surface area contributed by atoms with Gasteiger partial charge in [0, 0.05) is 33.5 Å². The average Bonchev–Trinajstić information content (AvgIpc) is 3.05. The van der Waals surface area contributed by atoms with Crippen molar-refractivity contribution < 1.29 is 28.6 Å². The zero-order valence-corrected chi connectivity index (χ0v) is 26.5. The molecule has 3 N–H and O–H groups in total. The predicted octanol–water partition coefficient (Wildman–Crippen LogP) is 6.47. The molecular formula is C35H35N3O6S. The second-order valence-corrected chi connectivity index (χ2v) is 11.0. The summed E-state index contributed by atoms with van der Waals surface area (Å²) in [6, 6.07) is 24.9. The zero-order valence-electron chi connectivity index (χ0n) is 25.7. The number of ether oxygens (including phenoxy) is 3. The molecule has 0 atom stereocenters. The third-order valence-electron chi connectivity index (χ3n) is 6.68. The Labute approximate surface area is 267 Å². The number of hydrogen-bond donors (Lipinski definition) is 3. The van der Waals surface area contributed by atoms with Crippen LogP contribution < -0.4 is 30.2 Å². The lowest BCUT2D eigenvalue weighted by Crippen LogP contribution is -2.30. The Morgan fingerprint density at radius 2 is 1.47 bits per heavy atom. The molecule has 10 heteroatoms. The first-order valence-corrected chi connectivity index (χ1v) is 15.0. The summed E-state index contributed by atoms with van der Waals surface area (Å²) >= 11 is 1.34. The smallest absolute Gasteiger partial charge is 0.272 e. The molecule has 4 rings (SSSR count). The van der Waals surface area contributed by atoms with E-state index in [1.807, 2.05) is 38.1 Å². The fourth-order valence-corrected chi connectivity index (χ4v) is 5.17. The number of anilines is 2. The summed E-state index contributed by atoms with van der Waals surface area (Å²) in [5.74, 6) is 0.292. The van der Waals surface area contributed by atoms with Crippen molar-refractivity contribution in [2.24, 2.45) is 0 Å². The number of hydrogen-bond acceptors (Lipinski definition) is 7. The number of rotatable bonds is 12. The number of amides is 3. The summed E-state index contributed by atoms with van der Waals surface area (Å²) in [4.78, 5) is 40.2. The number of nitrogens with one attached hydrogen (secondary N) is 3. The molecule has 0 heterocycles. The summed E-state index contributed by atoms with van der Waals surface area (Å²) in [6.07, 6.45) is 1.51. The summed E-state index contributed by atoms with van der Waals surface area (Å²) in [6.45, 7) is 3.96. The minimum Gasteiger partial charge on any atom is -0.496 e. The Morgan fingerprint density at radius 1 is 0.756 bits per heavy atom. The lowest BCUT2D eigenvalue weighted by atomic mass is 10.1. The van der Waals surface area contributed by atoms with Crippen LogP contribution in [0.1, 0.15) is 27.0 Å². The molecule has 3 amide bonds. The fraction of sp³-hybridized carbons (Fsp3) is 0.171. The first kappa shape index (κ1) is 32.7. The van der Waals surface area contributed by atoms with Gasteiger partial charge in [0.15, 0.2) is 11.5 Å². The van der Waals surface area contributed by atoms with E-state index >= 15 is 0 Å². The Morgan fingerprint density at radius 3 is 2.16 bits per heavy atom. The van der Waals surface area contributed by atoms with Gasteiger partial charge in [0.2, 0.25) is 5.91 Å². The van der Waals surface area contributed by atoms with Gasteiger partial charge in [0.1, 0.15) is 11.4 Å². The van der Waals surface area contributed by atoms with Gasteiger partial charge in [-0.25, -0.2) is 0 Å². The number of benzene rings is 4. The minimum atomic E-state index is -0.564.